The van der Waals surface area contributed by atoms with Crippen molar-refractivity contribution in [2.75, 3.05) is 5.32 Å². The van der Waals surface area contributed by atoms with Gasteiger partial charge in [0.2, 0.25) is 0 Å². The van der Waals surface area contributed by atoms with E-state index in [1.807, 2.05) is 0 Å². The smallest absolute Gasteiger partial charge is 0.269 e. The van der Waals surface area contributed by atoms with Crippen molar-refractivity contribution in [3.05, 3.63) is 60.2 Å². The van der Waals surface area contributed by atoms with E-state index in [2.05, 4.69) is 30.6 Å². The minimum absolute atomic E-state index is 0.000152. The second-order valence-electron chi connectivity index (χ2n) is 8.47. The molecule has 8 nitrogen and oxygen atoms in total. The predicted molar refractivity (Wildman–Crippen MR) is 120 cm³/mol. The third-order valence-electron chi connectivity index (χ3n) is 6.09. The van der Waals surface area contributed by atoms with E-state index in [0.717, 1.165) is 31.5 Å². The summed E-state index contributed by atoms with van der Waals surface area (Å²) in [5, 5.41) is 6.40. The largest absolute Gasteiger partial charge is 0.365 e. The third-order valence-corrected chi connectivity index (χ3v) is 6.09. The molecule has 3 N–H and O–H groups in total. The van der Waals surface area contributed by atoms with E-state index < -0.39 is 17.5 Å². The van der Waals surface area contributed by atoms with E-state index in [4.69, 9.17) is 0 Å². The molecule has 34 heavy (non-hydrogen) atoms. The van der Waals surface area contributed by atoms with Gasteiger partial charge >= 0.3 is 0 Å². The number of rotatable bonds is 5. The van der Waals surface area contributed by atoms with Gasteiger partial charge in [-0.15, -0.1) is 0 Å². The molecule has 1 aromatic carbocycles. The molecular weight excluding hydrogens is 447 g/mol. The fraction of sp³-hybridized carbons (Fsp3) is 0.304. The summed E-state index contributed by atoms with van der Waals surface area (Å²) >= 11 is 0. The van der Waals surface area contributed by atoms with Gasteiger partial charge in [0, 0.05) is 42.3 Å². The number of carbonyl (C=O) groups is 1. The van der Waals surface area contributed by atoms with Gasteiger partial charge < -0.3 is 20.2 Å². The maximum atomic E-state index is 14.6. The highest BCUT2D eigenvalue weighted by Gasteiger charge is 2.26. The van der Waals surface area contributed by atoms with Gasteiger partial charge in [0.05, 0.1) is 24.2 Å². The zero-order valence-electron chi connectivity index (χ0n) is 18.3. The summed E-state index contributed by atoms with van der Waals surface area (Å²) in [6.45, 7) is 0. The maximum Gasteiger partial charge on any atom is 0.269 e. The van der Waals surface area contributed by atoms with Crippen LogP contribution in [0.1, 0.15) is 36.2 Å². The molecule has 11 heteroatoms. The molecule has 1 saturated carbocycles. The molecule has 3 aromatic heterocycles. The first-order chi connectivity index (χ1) is 16.4. The van der Waals surface area contributed by atoms with Crippen molar-refractivity contribution in [1.29, 1.82) is 0 Å². The lowest BCUT2D eigenvalue weighted by atomic mass is 9.91. The highest BCUT2D eigenvalue weighted by atomic mass is 19.1. The van der Waals surface area contributed by atoms with Crippen LogP contribution in [-0.2, 0) is 7.05 Å². The number of imidazole rings is 1. The van der Waals surface area contributed by atoms with Crippen molar-refractivity contribution < 1.29 is 18.0 Å². The van der Waals surface area contributed by atoms with Crippen LogP contribution in [0.3, 0.4) is 0 Å². The quantitative estimate of drug-likeness (QED) is 0.411. The SMILES string of the molecule is Cn1cncc1C(=O)NC1CCCC(Nc2nc(-c3c[nH]c4c(F)cc(F)cc34)ncc2F)C1. The van der Waals surface area contributed by atoms with Crippen LogP contribution in [0.25, 0.3) is 22.3 Å². The Kier molecular flexibility index (Phi) is 5.68. The number of benzene rings is 1. The van der Waals surface area contributed by atoms with E-state index in [0.29, 0.717) is 17.7 Å². The minimum atomic E-state index is -0.733. The molecule has 1 aliphatic rings. The summed E-state index contributed by atoms with van der Waals surface area (Å²) in [5.74, 6) is -2.17. The molecule has 0 bridgehead atoms. The first-order valence-electron chi connectivity index (χ1n) is 10.9. The van der Waals surface area contributed by atoms with E-state index in [1.54, 1.807) is 17.9 Å². The first kappa shape index (κ1) is 21.9. The number of aromatic nitrogens is 5. The number of hydrogen-bond donors (Lipinski definition) is 3. The predicted octanol–water partition coefficient (Wildman–Crippen LogP) is 3.93. The molecule has 1 fully saturated rings. The summed E-state index contributed by atoms with van der Waals surface area (Å²) in [7, 11) is 1.75. The third kappa shape index (κ3) is 4.20. The molecule has 0 spiro atoms. The van der Waals surface area contributed by atoms with Crippen molar-refractivity contribution in [1.82, 2.24) is 29.8 Å². The van der Waals surface area contributed by atoms with Crippen LogP contribution in [0.4, 0.5) is 19.0 Å². The Morgan fingerprint density at radius 3 is 2.76 bits per heavy atom. The standard InChI is InChI=1S/C23H22F3N7O/c1-33-11-27-10-19(33)23(34)31-14-4-2-3-13(7-14)30-22-18(26)9-29-21(32-22)16-8-28-20-15(16)5-12(24)6-17(20)25/h5-6,8-11,13-14,28H,2-4,7H2,1H3,(H,31,34)(H,29,30,32). The summed E-state index contributed by atoms with van der Waals surface area (Å²) in [5.41, 5.74) is 0.952. The van der Waals surface area contributed by atoms with Crippen LogP contribution >= 0.6 is 0 Å². The second-order valence-corrected chi connectivity index (χ2v) is 8.47. The van der Waals surface area contributed by atoms with Crippen LogP contribution in [0, 0.1) is 17.5 Å². The second kappa shape index (κ2) is 8.81. The molecule has 2 atom stereocenters. The van der Waals surface area contributed by atoms with E-state index >= 15 is 0 Å². The highest BCUT2D eigenvalue weighted by Crippen LogP contribution is 2.30. The van der Waals surface area contributed by atoms with Crippen molar-refractivity contribution in [2.45, 2.75) is 37.8 Å². The van der Waals surface area contributed by atoms with Crippen molar-refractivity contribution in [3.8, 4) is 11.4 Å². The molecule has 2 unspecified atom stereocenters. The monoisotopic (exact) mass is 469 g/mol. The summed E-state index contributed by atoms with van der Waals surface area (Å²) < 4.78 is 44.0. The van der Waals surface area contributed by atoms with E-state index in [-0.39, 0.29) is 40.5 Å². The number of fused-ring (bicyclic) bond motifs is 1. The molecule has 1 amide bonds. The average Bonchev–Trinajstić information content (AvgIpc) is 3.42. The Bertz CT molecular complexity index is 1370. The molecular formula is C23H22F3N7O. The molecule has 1 aliphatic carbocycles. The Balaban J connectivity index is 1.33. The lowest BCUT2D eigenvalue weighted by Crippen LogP contribution is -2.42. The molecule has 0 saturated heterocycles. The summed E-state index contributed by atoms with van der Waals surface area (Å²) in [6.07, 6.45) is 8.59. The Hall–Kier alpha value is -3.89. The fourth-order valence-corrected chi connectivity index (χ4v) is 4.42. The number of nitrogens with zero attached hydrogens (tertiary/aromatic N) is 4. The molecule has 0 radical (unpaired) electrons. The average molecular weight is 469 g/mol. The number of amides is 1. The topological polar surface area (TPSA) is 101 Å². The molecule has 0 aliphatic heterocycles. The number of halogens is 3. The Morgan fingerprint density at radius 1 is 1.15 bits per heavy atom. The van der Waals surface area contributed by atoms with Gasteiger partial charge in [0.15, 0.2) is 17.5 Å². The molecule has 176 valence electrons. The molecule has 3 heterocycles. The van der Waals surface area contributed by atoms with Crippen LogP contribution in [0.15, 0.2) is 37.1 Å². The zero-order valence-corrected chi connectivity index (χ0v) is 18.3. The van der Waals surface area contributed by atoms with Gasteiger partial charge in [-0.2, -0.15) is 0 Å². The van der Waals surface area contributed by atoms with Gasteiger partial charge in [0.25, 0.3) is 5.91 Å². The van der Waals surface area contributed by atoms with Crippen molar-refractivity contribution in [2.24, 2.45) is 7.05 Å². The number of H-pyrrole nitrogens is 1. The van der Waals surface area contributed by atoms with Crippen LogP contribution in [-0.4, -0.2) is 42.5 Å². The highest BCUT2D eigenvalue weighted by molar-refractivity contribution is 5.94. The van der Waals surface area contributed by atoms with Crippen molar-refractivity contribution >= 4 is 22.6 Å². The zero-order chi connectivity index (χ0) is 23.8. The van der Waals surface area contributed by atoms with Gasteiger partial charge in [0.1, 0.15) is 17.3 Å². The lowest BCUT2D eigenvalue weighted by molar-refractivity contribution is 0.0918. The van der Waals surface area contributed by atoms with Gasteiger partial charge in [-0.25, -0.2) is 28.1 Å². The minimum Gasteiger partial charge on any atom is -0.365 e. The van der Waals surface area contributed by atoms with Crippen molar-refractivity contribution in [3.63, 3.8) is 0 Å². The van der Waals surface area contributed by atoms with E-state index in [1.165, 1.54) is 18.5 Å². The van der Waals surface area contributed by atoms with Crippen LogP contribution in [0.5, 0.6) is 0 Å². The number of aromatic amines is 1. The van der Waals surface area contributed by atoms with E-state index in [9.17, 15) is 18.0 Å². The fourth-order valence-electron chi connectivity index (χ4n) is 4.42. The summed E-state index contributed by atoms with van der Waals surface area (Å²) in [4.78, 5) is 27.5. The summed E-state index contributed by atoms with van der Waals surface area (Å²) in [6, 6.07) is 1.76. The number of carbonyl (C=O) groups excluding carboxylic acids is 1. The maximum absolute atomic E-state index is 14.6. The number of aryl methyl sites for hydroxylation is 1. The van der Waals surface area contributed by atoms with Gasteiger partial charge in [-0.3, -0.25) is 4.79 Å². The van der Waals surface area contributed by atoms with Crippen LogP contribution in [0.2, 0.25) is 0 Å². The Morgan fingerprint density at radius 2 is 1.97 bits per heavy atom. The lowest BCUT2D eigenvalue weighted by Gasteiger charge is -2.30. The number of nitrogens with one attached hydrogen (secondary N) is 3. The van der Waals surface area contributed by atoms with Gasteiger partial charge in [-0.1, -0.05) is 0 Å². The van der Waals surface area contributed by atoms with Gasteiger partial charge in [-0.05, 0) is 31.7 Å². The normalized spacial score (nSPS) is 18.2. The number of anilines is 1. The van der Waals surface area contributed by atoms with Crippen LogP contribution < -0.4 is 10.6 Å². The molecule has 5 rings (SSSR count). The first-order valence-corrected chi connectivity index (χ1v) is 10.9. The number of hydrogen-bond acceptors (Lipinski definition) is 5. The Labute approximate surface area is 192 Å². The molecule has 4 aromatic rings.